The molecule has 1 heterocycles. The number of halogens is 2. The summed E-state index contributed by atoms with van der Waals surface area (Å²) in [4.78, 5) is 7.80. The molecule has 0 amide bonds. The molecule has 0 unspecified atom stereocenters. The maximum Gasteiger partial charge on any atom is 0.255 e. The van der Waals surface area contributed by atoms with Gasteiger partial charge in [0.25, 0.3) is 6.43 Å². The zero-order chi connectivity index (χ0) is 11.3. The Morgan fingerprint density at radius 2 is 2.27 bits per heavy atom. The van der Waals surface area contributed by atoms with Gasteiger partial charge in [-0.25, -0.2) is 18.7 Å². The molecule has 5 nitrogen and oxygen atoms in total. The molecule has 15 heavy (non-hydrogen) atoms. The Balaban J connectivity index is 2.70. The molecule has 0 aliphatic heterocycles. The van der Waals surface area contributed by atoms with Crippen LogP contribution in [0.1, 0.15) is 5.82 Å². The van der Waals surface area contributed by atoms with E-state index >= 15 is 0 Å². The van der Waals surface area contributed by atoms with Gasteiger partial charge in [-0.3, -0.25) is 0 Å². The van der Waals surface area contributed by atoms with Gasteiger partial charge in [0.1, 0.15) is 18.2 Å². The standard InChI is InChI=1S/C8H12F2N4O/c1-15-4-8-13-6(11)2-7(14-8)12-3-5(9)10/h2,5H,3-4H2,1H3,(H3,11,12,13,14). The summed E-state index contributed by atoms with van der Waals surface area (Å²) in [5.74, 6) is 0.845. The monoisotopic (exact) mass is 218 g/mol. The molecule has 0 radical (unpaired) electrons. The zero-order valence-electron chi connectivity index (χ0n) is 8.20. The van der Waals surface area contributed by atoms with Crippen molar-refractivity contribution >= 4 is 11.6 Å². The quantitative estimate of drug-likeness (QED) is 0.767. The van der Waals surface area contributed by atoms with Crippen LogP contribution in [-0.2, 0) is 11.3 Å². The van der Waals surface area contributed by atoms with E-state index in [1.807, 2.05) is 0 Å². The molecule has 0 fully saturated rings. The van der Waals surface area contributed by atoms with Crippen LogP contribution in [-0.4, -0.2) is 30.0 Å². The number of anilines is 2. The van der Waals surface area contributed by atoms with Crippen molar-refractivity contribution in [2.45, 2.75) is 13.0 Å². The summed E-state index contributed by atoms with van der Waals surface area (Å²) in [7, 11) is 1.48. The van der Waals surface area contributed by atoms with Crippen LogP contribution >= 0.6 is 0 Å². The van der Waals surface area contributed by atoms with E-state index in [-0.39, 0.29) is 18.2 Å². The minimum Gasteiger partial charge on any atom is -0.384 e. The predicted octanol–water partition coefficient (Wildman–Crippen LogP) is 0.882. The minimum absolute atomic E-state index is 0.189. The summed E-state index contributed by atoms with van der Waals surface area (Å²) in [5, 5.41) is 2.45. The molecule has 0 aliphatic carbocycles. The third kappa shape index (κ3) is 4.03. The van der Waals surface area contributed by atoms with Gasteiger partial charge < -0.3 is 15.8 Å². The Kier molecular flexibility index (Phi) is 4.17. The van der Waals surface area contributed by atoms with E-state index in [9.17, 15) is 8.78 Å². The number of nitrogens with one attached hydrogen (secondary N) is 1. The second kappa shape index (κ2) is 5.40. The number of aromatic nitrogens is 2. The van der Waals surface area contributed by atoms with Crippen LogP contribution in [0.4, 0.5) is 20.4 Å². The maximum atomic E-state index is 11.9. The number of ether oxygens (including phenoxy) is 1. The van der Waals surface area contributed by atoms with Crippen LogP contribution < -0.4 is 11.1 Å². The van der Waals surface area contributed by atoms with Crippen LogP contribution in [0.15, 0.2) is 6.07 Å². The van der Waals surface area contributed by atoms with Crippen LogP contribution in [0.2, 0.25) is 0 Å². The molecule has 0 aromatic carbocycles. The summed E-state index contributed by atoms with van der Waals surface area (Å²) >= 11 is 0. The van der Waals surface area contributed by atoms with Crippen molar-refractivity contribution < 1.29 is 13.5 Å². The van der Waals surface area contributed by atoms with Crippen LogP contribution in [0, 0.1) is 0 Å². The highest BCUT2D eigenvalue weighted by molar-refractivity contribution is 5.44. The van der Waals surface area contributed by atoms with Crippen LogP contribution in [0.25, 0.3) is 0 Å². The van der Waals surface area contributed by atoms with Crippen molar-refractivity contribution in [3.05, 3.63) is 11.9 Å². The minimum atomic E-state index is -2.44. The second-order valence-electron chi connectivity index (χ2n) is 2.80. The number of hydrogen-bond acceptors (Lipinski definition) is 5. The number of alkyl halides is 2. The van der Waals surface area contributed by atoms with Crippen molar-refractivity contribution in [3.8, 4) is 0 Å². The van der Waals surface area contributed by atoms with Gasteiger partial charge in [0.15, 0.2) is 5.82 Å². The summed E-state index contributed by atoms with van der Waals surface area (Å²) in [6.45, 7) is -0.280. The molecule has 1 aromatic heterocycles. The predicted molar refractivity (Wildman–Crippen MR) is 51.7 cm³/mol. The van der Waals surface area contributed by atoms with E-state index in [0.29, 0.717) is 5.82 Å². The summed E-state index contributed by atoms with van der Waals surface area (Å²) < 4.78 is 28.6. The Morgan fingerprint density at radius 1 is 1.53 bits per heavy atom. The first kappa shape index (κ1) is 11.6. The molecular formula is C8H12F2N4O. The molecule has 84 valence electrons. The van der Waals surface area contributed by atoms with Gasteiger partial charge in [-0.15, -0.1) is 0 Å². The highest BCUT2D eigenvalue weighted by Crippen LogP contribution is 2.09. The lowest BCUT2D eigenvalue weighted by atomic mass is 10.5. The van der Waals surface area contributed by atoms with Gasteiger partial charge in [0.2, 0.25) is 0 Å². The number of hydrogen-bond donors (Lipinski definition) is 2. The topological polar surface area (TPSA) is 73.1 Å². The molecule has 3 N–H and O–H groups in total. The molecule has 0 atom stereocenters. The van der Waals surface area contributed by atoms with Crippen molar-refractivity contribution in [1.82, 2.24) is 9.97 Å². The first-order valence-corrected chi connectivity index (χ1v) is 4.26. The molecule has 7 heteroatoms. The van der Waals surface area contributed by atoms with Crippen LogP contribution in [0.5, 0.6) is 0 Å². The van der Waals surface area contributed by atoms with Crippen molar-refractivity contribution in [1.29, 1.82) is 0 Å². The number of nitrogens with two attached hydrogens (primary N) is 1. The van der Waals surface area contributed by atoms with Gasteiger partial charge in [-0.1, -0.05) is 0 Å². The summed E-state index contributed by atoms with van der Waals surface area (Å²) in [6, 6.07) is 1.39. The normalized spacial score (nSPS) is 10.7. The van der Waals surface area contributed by atoms with Crippen molar-refractivity contribution in [3.63, 3.8) is 0 Å². The molecular weight excluding hydrogens is 206 g/mol. The van der Waals surface area contributed by atoms with Gasteiger partial charge in [-0.2, -0.15) is 0 Å². The zero-order valence-corrected chi connectivity index (χ0v) is 8.20. The molecule has 0 spiro atoms. The van der Waals surface area contributed by atoms with E-state index in [0.717, 1.165) is 0 Å². The number of nitrogens with zero attached hydrogens (tertiary/aromatic N) is 2. The fraction of sp³-hybridized carbons (Fsp3) is 0.500. The molecule has 1 rings (SSSR count). The molecule has 0 bridgehead atoms. The third-order valence-electron chi connectivity index (χ3n) is 1.50. The SMILES string of the molecule is COCc1nc(N)cc(NCC(F)F)n1. The fourth-order valence-corrected chi connectivity index (χ4v) is 0.984. The Hall–Kier alpha value is -1.50. The second-order valence-corrected chi connectivity index (χ2v) is 2.80. The summed E-state index contributed by atoms with van der Waals surface area (Å²) in [6.07, 6.45) is -2.44. The van der Waals surface area contributed by atoms with Gasteiger partial charge in [0, 0.05) is 13.2 Å². The Bertz CT molecular complexity index is 322. The molecule has 0 saturated carbocycles. The average molecular weight is 218 g/mol. The van der Waals surface area contributed by atoms with E-state index in [4.69, 9.17) is 10.5 Å². The number of rotatable bonds is 5. The Labute approximate surface area is 85.7 Å². The molecule has 0 aliphatic rings. The van der Waals surface area contributed by atoms with Crippen molar-refractivity contribution in [2.24, 2.45) is 0 Å². The number of methoxy groups -OCH3 is 1. The lowest BCUT2D eigenvalue weighted by Crippen LogP contribution is -2.13. The van der Waals surface area contributed by atoms with E-state index < -0.39 is 13.0 Å². The van der Waals surface area contributed by atoms with Crippen molar-refractivity contribution in [2.75, 3.05) is 24.7 Å². The first-order valence-electron chi connectivity index (χ1n) is 4.26. The van der Waals surface area contributed by atoms with Crippen LogP contribution in [0.3, 0.4) is 0 Å². The third-order valence-corrected chi connectivity index (χ3v) is 1.50. The van der Waals surface area contributed by atoms with Gasteiger partial charge >= 0.3 is 0 Å². The Morgan fingerprint density at radius 3 is 2.87 bits per heavy atom. The van der Waals surface area contributed by atoms with Gasteiger partial charge in [-0.05, 0) is 0 Å². The summed E-state index contributed by atoms with van der Waals surface area (Å²) in [5.41, 5.74) is 5.46. The van der Waals surface area contributed by atoms with E-state index in [1.165, 1.54) is 13.2 Å². The van der Waals surface area contributed by atoms with E-state index in [2.05, 4.69) is 15.3 Å². The lowest BCUT2D eigenvalue weighted by molar-refractivity contribution is 0.163. The molecule has 0 saturated heterocycles. The smallest absolute Gasteiger partial charge is 0.255 e. The average Bonchev–Trinajstić information content (AvgIpc) is 2.14. The lowest BCUT2D eigenvalue weighted by Gasteiger charge is -2.07. The highest BCUT2D eigenvalue weighted by Gasteiger charge is 2.05. The first-order chi connectivity index (χ1) is 7.11. The van der Waals surface area contributed by atoms with E-state index in [1.54, 1.807) is 0 Å². The largest absolute Gasteiger partial charge is 0.384 e. The fourth-order valence-electron chi connectivity index (χ4n) is 0.984. The molecule has 1 aromatic rings. The maximum absolute atomic E-state index is 11.9. The van der Waals surface area contributed by atoms with Gasteiger partial charge in [0.05, 0.1) is 6.54 Å². The highest BCUT2D eigenvalue weighted by atomic mass is 19.3. The number of nitrogen functional groups attached to an aromatic ring is 1.